The summed E-state index contributed by atoms with van der Waals surface area (Å²) in [5.74, 6) is 3.44. The van der Waals surface area contributed by atoms with E-state index in [9.17, 15) is 9.59 Å². The molecule has 1 aliphatic rings. The molecule has 1 rings (SSSR count). The number of rotatable bonds is 0. The van der Waals surface area contributed by atoms with Crippen molar-refractivity contribution in [2.75, 3.05) is 0 Å². The highest BCUT2D eigenvalue weighted by Crippen LogP contribution is 2.07. The van der Waals surface area contributed by atoms with Crippen LogP contribution in [0.2, 0.25) is 0 Å². The van der Waals surface area contributed by atoms with Gasteiger partial charge in [-0.3, -0.25) is 9.59 Å². The largest absolute Gasteiger partial charge is 0.392 e. The van der Waals surface area contributed by atoms with E-state index >= 15 is 0 Å². The van der Waals surface area contributed by atoms with E-state index in [0.717, 1.165) is 0 Å². The van der Waals surface area contributed by atoms with Crippen molar-refractivity contribution in [3.05, 3.63) is 11.4 Å². The molecule has 0 atom stereocenters. The quantitative estimate of drug-likeness (QED) is 0.194. The molecule has 6 nitrogen and oxygen atoms in total. The molecule has 0 saturated carbocycles. The van der Waals surface area contributed by atoms with Crippen molar-refractivity contribution in [2.24, 2.45) is 17.3 Å². The van der Waals surface area contributed by atoms with Gasteiger partial charge in [0, 0.05) is 0 Å². The Balaban J connectivity index is 3.11. The van der Waals surface area contributed by atoms with Crippen LogP contribution in [0.4, 0.5) is 0 Å². The van der Waals surface area contributed by atoms with Crippen LogP contribution in [0, 0.1) is 0 Å². The Labute approximate surface area is 56.2 Å². The minimum atomic E-state index is -0.748. The van der Waals surface area contributed by atoms with Crippen LogP contribution in [0.25, 0.3) is 0 Å². The molecule has 0 aliphatic carbocycles. The lowest BCUT2D eigenvalue weighted by atomic mass is 10.4. The molecule has 0 aromatic carbocycles. The van der Waals surface area contributed by atoms with Gasteiger partial charge in [0.2, 0.25) is 0 Å². The molecule has 0 unspecified atom stereocenters. The molecule has 0 spiro atoms. The molecule has 0 aromatic rings. The summed E-state index contributed by atoms with van der Waals surface area (Å²) in [5.41, 5.74) is 9.56. The SMILES string of the molecule is NC1=C(N)C(=O)N(N)C1=O. The monoisotopic (exact) mass is 142 g/mol. The van der Waals surface area contributed by atoms with Crippen molar-refractivity contribution in [1.82, 2.24) is 5.01 Å². The molecule has 0 fully saturated rings. The topological polar surface area (TPSA) is 115 Å². The van der Waals surface area contributed by atoms with Gasteiger partial charge in [0.25, 0.3) is 11.8 Å². The Morgan fingerprint density at radius 1 is 1.00 bits per heavy atom. The van der Waals surface area contributed by atoms with Gasteiger partial charge in [0.15, 0.2) is 0 Å². The summed E-state index contributed by atoms with van der Waals surface area (Å²) in [4.78, 5) is 21.3. The Morgan fingerprint density at radius 3 is 1.40 bits per heavy atom. The second-order valence-electron chi connectivity index (χ2n) is 1.81. The van der Waals surface area contributed by atoms with Crippen LogP contribution >= 0.6 is 0 Å². The maximum Gasteiger partial charge on any atom is 0.293 e. The van der Waals surface area contributed by atoms with Crippen LogP contribution in [-0.2, 0) is 9.59 Å². The van der Waals surface area contributed by atoms with Crippen molar-refractivity contribution in [1.29, 1.82) is 0 Å². The Morgan fingerprint density at radius 2 is 1.30 bits per heavy atom. The Kier molecular flexibility index (Phi) is 1.12. The highest BCUT2D eigenvalue weighted by Gasteiger charge is 2.32. The van der Waals surface area contributed by atoms with E-state index < -0.39 is 11.8 Å². The fourth-order valence-corrected chi connectivity index (χ4v) is 0.582. The van der Waals surface area contributed by atoms with Gasteiger partial charge in [-0.05, 0) is 0 Å². The van der Waals surface area contributed by atoms with Crippen LogP contribution in [-0.4, -0.2) is 16.8 Å². The summed E-state index contributed by atoms with van der Waals surface area (Å²) in [7, 11) is 0. The van der Waals surface area contributed by atoms with Gasteiger partial charge in [-0.2, -0.15) is 0 Å². The molecule has 0 saturated heterocycles. The highest BCUT2D eigenvalue weighted by atomic mass is 16.2. The first kappa shape index (κ1) is 6.56. The van der Waals surface area contributed by atoms with E-state index in [-0.39, 0.29) is 11.4 Å². The first-order chi connectivity index (χ1) is 4.55. The summed E-state index contributed by atoms with van der Waals surface area (Å²) in [6.45, 7) is 0. The van der Waals surface area contributed by atoms with E-state index in [1.54, 1.807) is 0 Å². The molecule has 0 radical (unpaired) electrons. The predicted molar refractivity (Wildman–Crippen MR) is 31.4 cm³/mol. The molecule has 54 valence electrons. The third-order valence-electron chi connectivity index (χ3n) is 1.19. The van der Waals surface area contributed by atoms with Gasteiger partial charge in [-0.15, -0.1) is 0 Å². The molecule has 6 N–H and O–H groups in total. The standard InChI is InChI=1S/C4H6N4O2/c5-1-2(6)4(10)8(7)3(1)9/h5-7H2. The lowest BCUT2D eigenvalue weighted by Crippen LogP contribution is -2.39. The van der Waals surface area contributed by atoms with Crippen molar-refractivity contribution >= 4 is 11.8 Å². The number of hydrogen-bond acceptors (Lipinski definition) is 5. The third kappa shape index (κ3) is 0.560. The van der Waals surface area contributed by atoms with Gasteiger partial charge in [0.1, 0.15) is 11.4 Å². The molecule has 2 amide bonds. The number of nitrogens with two attached hydrogens (primary N) is 3. The fraction of sp³-hybridized carbons (Fsp3) is 0. The molecule has 0 bridgehead atoms. The number of carbonyl (C=O) groups excluding carboxylic acids is 2. The fourth-order valence-electron chi connectivity index (χ4n) is 0.582. The summed E-state index contributed by atoms with van der Waals surface area (Å²) in [5, 5.41) is 0.380. The number of imide groups is 1. The van der Waals surface area contributed by atoms with Gasteiger partial charge < -0.3 is 11.5 Å². The summed E-state index contributed by atoms with van der Waals surface area (Å²) >= 11 is 0. The van der Waals surface area contributed by atoms with Gasteiger partial charge >= 0.3 is 0 Å². The van der Waals surface area contributed by atoms with Crippen LogP contribution in [0.5, 0.6) is 0 Å². The zero-order valence-corrected chi connectivity index (χ0v) is 5.00. The maximum atomic E-state index is 10.6. The summed E-state index contributed by atoms with van der Waals surface area (Å²) in [6, 6.07) is 0. The first-order valence-electron chi connectivity index (χ1n) is 2.44. The maximum absolute atomic E-state index is 10.6. The normalized spacial score (nSPS) is 19.1. The molecule has 0 aromatic heterocycles. The lowest BCUT2D eigenvalue weighted by Gasteiger charge is -2.02. The van der Waals surface area contributed by atoms with E-state index in [1.165, 1.54) is 0 Å². The minimum absolute atomic E-state index is 0.285. The van der Waals surface area contributed by atoms with E-state index in [1.807, 2.05) is 0 Å². The first-order valence-corrected chi connectivity index (χ1v) is 2.44. The third-order valence-corrected chi connectivity index (χ3v) is 1.19. The average Bonchev–Trinajstić information content (AvgIpc) is 2.07. The molecule has 6 heteroatoms. The number of amides is 2. The molecule has 10 heavy (non-hydrogen) atoms. The number of hydrazine groups is 1. The Hall–Kier alpha value is -1.56. The minimum Gasteiger partial charge on any atom is -0.392 e. The molecular formula is C4H6N4O2. The van der Waals surface area contributed by atoms with Crippen LogP contribution in [0.1, 0.15) is 0 Å². The lowest BCUT2D eigenvalue weighted by molar-refractivity contribution is -0.137. The highest BCUT2D eigenvalue weighted by molar-refractivity contribution is 6.17. The molecule has 1 heterocycles. The number of hydrogen-bond donors (Lipinski definition) is 3. The van der Waals surface area contributed by atoms with Crippen LogP contribution < -0.4 is 17.3 Å². The van der Waals surface area contributed by atoms with Gasteiger partial charge in [0.05, 0.1) is 0 Å². The van der Waals surface area contributed by atoms with E-state index in [2.05, 4.69) is 0 Å². The van der Waals surface area contributed by atoms with Crippen molar-refractivity contribution in [2.45, 2.75) is 0 Å². The van der Waals surface area contributed by atoms with Crippen molar-refractivity contribution in [3.8, 4) is 0 Å². The van der Waals surface area contributed by atoms with Crippen molar-refractivity contribution < 1.29 is 9.59 Å². The van der Waals surface area contributed by atoms with Gasteiger partial charge in [-0.25, -0.2) is 10.9 Å². The zero-order valence-electron chi connectivity index (χ0n) is 5.00. The van der Waals surface area contributed by atoms with Crippen LogP contribution in [0.3, 0.4) is 0 Å². The molecular weight excluding hydrogens is 136 g/mol. The number of nitrogens with zero attached hydrogens (tertiary/aromatic N) is 1. The van der Waals surface area contributed by atoms with Gasteiger partial charge in [-0.1, -0.05) is 0 Å². The smallest absolute Gasteiger partial charge is 0.293 e. The summed E-state index contributed by atoms with van der Waals surface area (Å²) < 4.78 is 0. The Bertz CT molecular complexity index is 220. The molecule has 1 aliphatic heterocycles. The van der Waals surface area contributed by atoms with E-state index in [4.69, 9.17) is 17.3 Å². The van der Waals surface area contributed by atoms with Crippen LogP contribution in [0.15, 0.2) is 11.4 Å². The average molecular weight is 142 g/mol. The second kappa shape index (κ2) is 1.71. The number of carbonyl (C=O) groups is 2. The predicted octanol–water partition coefficient (Wildman–Crippen LogP) is -2.64. The summed E-state index contributed by atoms with van der Waals surface area (Å²) in [6.07, 6.45) is 0. The van der Waals surface area contributed by atoms with Crippen molar-refractivity contribution in [3.63, 3.8) is 0 Å². The second-order valence-corrected chi connectivity index (χ2v) is 1.81. The zero-order chi connectivity index (χ0) is 7.89. The van der Waals surface area contributed by atoms with E-state index in [0.29, 0.717) is 5.01 Å².